The molecule has 0 saturated heterocycles. The Morgan fingerprint density at radius 3 is 2.71 bits per heavy atom. The number of rotatable bonds is 5. The Bertz CT molecular complexity index is 384. The molecule has 1 heterocycles. The minimum Gasteiger partial charge on any atom is -0.463 e. The van der Waals surface area contributed by atoms with Gasteiger partial charge in [-0.1, -0.05) is 6.92 Å². The number of halogens is 1. The highest BCUT2D eigenvalue weighted by molar-refractivity contribution is 6.28. The summed E-state index contributed by atoms with van der Waals surface area (Å²) < 4.78 is 5.38. The summed E-state index contributed by atoms with van der Waals surface area (Å²) in [6, 6.07) is 0.834. The normalized spacial score (nSPS) is 15.5. The Morgan fingerprint density at radius 1 is 1.35 bits per heavy atom. The minimum atomic E-state index is 0.187. The predicted octanol–water partition coefficient (Wildman–Crippen LogP) is 2.30. The van der Waals surface area contributed by atoms with Gasteiger partial charge in [-0.3, -0.25) is 0 Å². The van der Waals surface area contributed by atoms with Gasteiger partial charge in [-0.25, -0.2) is 0 Å². The lowest BCUT2D eigenvalue weighted by Gasteiger charge is -2.34. The molecular weight excluding hydrogens is 240 g/mol. The lowest BCUT2D eigenvalue weighted by molar-refractivity contribution is 0.290. The van der Waals surface area contributed by atoms with Crippen LogP contribution in [0.4, 0.5) is 5.95 Å². The molecule has 1 aromatic rings. The van der Waals surface area contributed by atoms with Crippen LogP contribution in [0.1, 0.15) is 32.6 Å². The second-order valence-electron chi connectivity index (χ2n) is 4.23. The van der Waals surface area contributed by atoms with Crippen LogP contribution in [-0.4, -0.2) is 34.6 Å². The standard InChI is InChI=1S/C11H17ClN4O/c1-3-7-17-11-14-9(12)13-10(15-11)16(2)8-5-4-6-8/h8H,3-7H2,1-2H3. The van der Waals surface area contributed by atoms with E-state index in [0.717, 1.165) is 6.42 Å². The van der Waals surface area contributed by atoms with E-state index in [1.807, 2.05) is 14.0 Å². The van der Waals surface area contributed by atoms with E-state index in [0.29, 0.717) is 24.6 Å². The summed E-state index contributed by atoms with van der Waals surface area (Å²) in [4.78, 5) is 14.4. The molecule has 0 bridgehead atoms. The van der Waals surface area contributed by atoms with Gasteiger partial charge in [-0.15, -0.1) is 0 Å². The molecular formula is C11H17ClN4O. The molecule has 1 fully saturated rings. The van der Waals surface area contributed by atoms with Crippen molar-refractivity contribution in [3.63, 3.8) is 0 Å². The van der Waals surface area contributed by atoms with Gasteiger partial charge in [0.2, 0.25) is 11.2 Å². The van der Waals surface area contributed by atoms with Crippen LogP contribution in [0.15, 0.2) is 0 Å². The Hall–Kier alpha value is -1.10. The first-order valence-electron chi connectivity index (χ1n) is 5.98. The Labute approximate surface area is 106 Å². The molecule has 1 saturated carbocycles. The minimum absolute atomic E-state index is 0.187. The first-order chi connectivity index (χ1) is 8.20. The van der Waals surface area contributed by atoms with E-state index in [1.165, 1.54) is 19.3 Å². The zero-order chi connectivity index (χ0) is 12.3. The summed E-state index contributed by atoms with van der Waals surface area (Å²) in [6.45, 7) is 2.62. The van der Waals surface area contributed by atoms with Crippen molar-refractivity contribution in [1.82, 2.24) is 15.0 Å². The molecule has 1 aliphatic rings. The largest absolute Gasteiger partial charge is 0.463 e. The average molecular weight is 257 g/mol. The van der Waals surface area contributed by atoms with Gasteiger partial charge in [0.1, 0.15) is 0 Å². The highest BCUT2D eigenvalue weighted by atomic mass is 35.5. The molecule has 6 heteroatoms. The summed E-state index contributed by atoms with van der Waals surface area (Å²) in [5.74, 6) is 0.598. The number of ether oxygens (including phenoxy) is 1. The van der Waals surface area contributed by atoms with Crippen molar-refractivity contribution < 1.29 is 4.74 Å². The number of hydrogen-bond donors (Lipinski definition) is 0. The van der Waals surface area contributed by atoms with Crippen molar-refractivity contribution in [1.29, 1.82) is 0 Å². The fourth-order valence-corrected chi connectivity index (χ4v) is 1.82. The number of anilines is 1. The zero-order valence-corrected chi connectivity index (χ0v) is 10.9. The number of aromatic nitrogens is 3. The first-order valence-corrected chi connectivity index (χ1v) is 6.35. The first kappa shape index (κ1) is 12.4. The van der Waals surface area contributed by atoms with Crippen molar-refractivity contribution in [2.45, 2.75) is 38.6 Å². The van der Waals surface area contributed by atoms with E-state index in [1.54, 1.807) is 0 Å². The number of nitrogens with zero attached hydrogens (tertiary/aromatic N) is 4. The second kappa shape index (κ2) is 5.49. The summed E-state index contributed by atoms with van der Waals surface area (Å²) in [7, 11) is 1.99. The van der Waals surface area contributed by atoms with Gasteiger partial charge >= 0.3 is 6.01 Å². The van der Waals surface area contributed by atoms with Gasteiger partial charge in [-0.2, -0.15) is 15.0 Å². The van der Waals surface area contributed by atoms with Gasteiger partial charge in [0, 0.05) is 13.1 Å². The molecule has 0 aromatic carbocycles. The molecule has 94 valence electrons. The van der Waals surface area contributed by atoms with Crippen LogP contribution in [0.25, 0.3) is 0 Å². The zero-order valence-electron chi connectivity index (χ0n) is 10.2. The Morgan fingerprint density at radius 2 is 2.12 bits per heavy atom. The highest BCUT2D eigenvalue weighted by Crippen LogP contribution is 2.27. The van der Waals surface area contributed by atoms with E-state index in [9.17, 15) is 0 Å². The van der Waals surface area contributed by atoms with Crippen LogP contribution in [-0.2, 0) is 0 Å². The van der Waals surface area contributed by atoms with Gasteiger partial charge in [0.25, 0.3) is 0 Å². The third-order valence-electron chi connectivity index (χ3n) is 2.95. The molecule has 0 N–H and O–H groups in total. The van der Waals surface area contributed by atoms with E-state index in [2.05, 4.69) is 19.9 Å². The van der Waals surface area contributed by atoms with Crippen LogP contribution in [0, 0.1) is 0 Å². The fourth-order valence-electron chi connectivity index (χ4n) is 1.67. The van der Waals surface area contributed by atoms with Gasteiger partial charge in [0.05, 0.1) is 6.61 Å². The maximum absolute atomic E-state index is 5.87. The Kier molecular flexibility index (Phi) is 3.99. The highest BCUT2D eigenvalue weighted by Gasteiger charge is 2.24. The molecule has 1 aliphatic carbocycles. The van der Waals surface area contributed by atoms with Crippen molar-refractivity contribution >= 4 is 17.5 Å². The lowest BCUT2D eigenvalue weighted by Crippen LogP contribution is -2.38. The molecule has 2 rings (SSSR count). The van der Waals surface area contributed by atoms with Gasteiger partial charge < -0.3 is 9.64 Å². The summed E-state index contributed by atoms with van der Waals surface area (Å²) in [5, 5.41) is 0.187. The van der Waals surface area contributed by atoms with Crippen LogP contribution in [0.5, 0.6) is 6.01 Å². The SMILES string of the molecule is CCCOc1nc(Cl)nc(N(C)C2CCC2)n1. The van der Waals surface area contributed by atoms with Crippen molar-refractivity contribution in [2.24, 2.45) is 0 Å². The van der Waals surface area contributed by atoms with Crippen molar-refractivity contribution in [3.8, 4) is 6.01 Å². The molecule has 0 unspecified atom stereocenters. The van der Waals surface area contributed by atoms with Crippen LogP contribution in [0.2, 0.25) is 5.28 Å². The lowest BCUT2D eigenvalue weighted by atomic mass is 9.92. The topological polar surface area (TPSA) is 51.1 Å². The summed E-state index contributed by atoms with van der Waals surface area (Å²) >= 11 is 5.87. The third kappa shape index (κ3) is 2.97. The van der Waals surface area contributed by atoms with Gasteiger partial charge in [-0.05, 0) is 37.3 Å². The third-order valence-corrected chi connectivity index (χ3v) is 3.12. The summed E-state index contributed by atoms with van der Waals surface area (Å²) in [6.07, 6.45) is 4.56. The predicted molar refractivity (Wildman–Crippen MR) is 66.7 cm³/mol. The molecule has 0 spiro atoms. The molecule has 0 amide bonds. The quantitative estimate of drug-likeness (QED) is 0.809. The monoisotopic (exact) mass is 256 g/mol. The van der Waals surface area contributed by atoms with Crippen LogP contribution < -0.4 is 9.64 Å². The van der Waals surface area contributed by atoms with E-state index < -0.39 is 0 Å². The van der Waals surface area contributed by atoms with Gasteiger partial charge in [0.15, 0.2) is 0 Å². The molecule has 5 nitrogen and oxygen atoms in total. The average Bonchev–Trinajstić information content (AvgIpc) is 2.23. The molecule has 0 aliphatic heterocycles. The fraction of sp³-hybridized carbons (Fsp3) is 0.727. The van der Waals surface area contributed by atoms with Crippen molar-refractivity contribution in [2.75, 3.05) is 18.6 Å². The van der Waals surface area contributed by atoms with E-state index >= 15 is 0 Å². The Balaban J connectivity index is 2.12. The molecule has 0 radical (unpaired) electrons. The maximum Gasteiger partial charge on any atom is 0.322 e. The second-order valence-corrected chi connectivity index (χ2v) is 4.57. The smallest absolute Gasteiger partial charge is 0.322 e. The molecule has 1 aromatic heterocycles. The molecule has 0 atom stereocenters. The van der Waals surface area contributed by atoms with Crippen LogP contribution in [0.3, 0.4) is 0 Å². The van der Waals surface area contributed by atoms with Crippen molar-refractivity contribution in [3.05, 3.63) is 5.28 Å². The number of hydrogen-bond acceptors (Lipinski definition) is 5. The summed E-state index contributed by atoms with van der Waals surface area (Å²) in [5.41, 5.74) is 0. The van der Waals surface area contributed by atoms with E-state index in [4.69, 9.17) is 16.3 Å². The van der Waals surface area contributed by atoms with Crippen LogP contribution >= 0.6 is 11.6 Å². The molecule has 17 heavy (non-hydrogen) atoms. The van der Waals surface area contributed by atoms with E-state index in [-0.39, 0.29) is 5.28 Å². The maximum atomic E-state index is 5.87.